The van der Waals surface area contributed by atoms with Crippen LogP contribution in [0.4, 0.5) is 0 Å². The van der Waals surface area contributed by atoms with Crippen molar-refractivity contribution in [1.82, 2.24) is 15.5 Å². The van der Waals surface area contributed by atoms with E-state index in [0.717, 1.165) is 45.7 Å². The van der Waals surface area contributed by atoms with Crippen LogP contribution in [0.25, 0.3) is 0 Å². The molecule has 0 aromatic carbocycles. The number of unbranched alkanes of at least 4 members (excludes halogenated alkanes) is 1. The van der Waals surface area contributed by atoms with Gasteiger partial charge in [0.1, 0.15) is 0 Å². The molecule has 0 aromatic rings. The molecule has 0 unspecified atom stereocenters. The summed E-state index contributed by atoms with van der Waals surface area (Å²) in [6, 6.07) is 0. The fraction of sp³-hybridized carbons (Fsp3) is 0.750. The van der Waals surface area contributed by atoms with E-state index in [1.54, 1.807) is 0 Å². The largest absolute Gasteiger partial charge is 0.355 e. The summed E-state index contributed by atoms with van der Waals surface area (Å²) in [4.78, 5) is 13.7. The highest BCUT2D eigenvalue weighted by atomic mass is 16.1. The van der Waals surface area contributed by atoms with E-state index in [0.29, 0.717) is 12.8 Å². The van der Waals surface area contributed by atoms with Crippen LogP contribution in [-0.4, -0.2) is 50.1 Å². The summed E-state index contributed by atoms with van der Waals surface area (Å²) in [6.07, 6.45) is 7.14. The average molecular weight is 223 g/mol. The number of nitrogens with one attached hydrogen (secondary N) is 2. The van der Waals surface area contributed by atoms with Crippen LogP contribution in [0.15, 0.2) is 0 Å². The molecule has 1 amide bonds. The molecule has 1 aliphatic rings. The molecule has 90 valence electrons. The predicted molar refractivity (Wildman–Crippen MR) is 65.0 cm³/mol. The zero-order chi connectivity index (χ0) is 11.6. The molecule has 1 heterocycles. The minimum absolute atomic E-state index is 0.116. The summed E-state index contributed by atoms with van der Waals surface area (Å²) in [7, 11) is 0. The van der Waals surface area contributed by atoms with E-state index in [2.05, 4.69) is 21.5 Å². The SMILES string of the molecule is C#CCCCC(=O)NCCN1CCNCC1. The Kier molecular flexibility index (Phi) is 6.62. The topological polar surface area (TPSA) is 44.4 Å². The maximum atomic E-state index is 11.3. The molecule has 1 aliphatic heterocycles. The quantitative estimate of drug-likeness (QED) is 0.485. The molecule has 16 heavy (non-hydrogen) atoms. The van der Waals surface area contributed by atoms with Gasteiger partial charge in [0.25, 0.3) is 0 Å². The van der Waals surface area contributed by atoms with Crippen LogP contribution in [0, 0.1) is 12.3 Å². The number of carbonyl (C=O) groups is 1. The highest BCUT2D eigenvalue weighted by molar-refractivity contribution is 5.75. The number of hydrogen-bond acceptors (Lipinski definition) is 3. The lowest BCUT2D eigenvalue weighted by Gasteiger charge is -2.27. The van der Waals surface area contributed by atoms with Gasteiger partial charge >= 0.3 is 0 Å². The number of piperazine rings is 1. The van der Waals surface area contributed by atoms with Gasteiger partial charge < -0.3 is 10.6 Å². The van der Waals surface area contributed by atoms with Crippen molar-refractivity contribution in [2.45, 2.75) is 19.3 Å². The monoisotopic (exact) mass is 223 g/mol. The standard InChI is InChI=1S/C12H21N3O/c1-2-3-4-5-12(16)14-8-11-15-9-6-13-7-10-15/h1,13H,3-11H2,(H,14,16). The number of terminal acetylenes is 1. The second-order valence-corrected chi connectivity index (χ2v) is 4.00. The minimum Gasteiger partial charge on any atom is -0.355 e. The van der Waals surface area contributed by atoms with Crippen molar-refractivity contribution in [3.05, 3.63) is 0 Å². The van der Waals surface area contributed by atoms with Gasteiger partial charge in [-0.3, -0.25) is 9.69 Å². The molecule has 0 aliphatic carbocycles. The molecule has 0 atom stereocenters. The maximum absolute atomic E-state index is 11.3. The Morgan fingerprint density at radius 3 is 2.88 bits per heavy atom. The van der Waals surface area contributed by atoms with Gasteiger partial charge in [0.05, 0.1) is 0 Å². The molecule has 4 nitrogen and oxygen atoms in total. The van der Waals surface area contributed by atoms with Crippen molar-refractivity contribution < 1.29 is 4.79 Å². The lowest BCUT2D eigenvalue weighted by molar-refractivity contribution is -0.121. The Hall–Kier alpha value is -1.05. The Morgan fingerprint density at radius 1 is 1.44 bits per heavy atom. The number of nitrogens with zero attached hydrogens (tertiary/aromatic N) is 1. The van der Waals surface area contributed by atoms with Crippen molar-refractivity contribution in [1.29, 1.82) is 0 Å². The minimum atomic E-state index is 0.116. The first kappa shape index (κ1) is 13.0. The van der Waals surface area contributed by atoms with Crippen molar-refractivity contribution in [2.24, 2.45) is 0 Å². The maximum Gasteiger partial charge on any atom is 0.220 e. The van der Waals surface area contributed by atoms with E-state index in [1.165, 1.54) is 0 Å². The number of hydrogen-bond donors (Lipinski definition) is 2. The van der Waals surface area contributed by atoms with Crippen molar-refractivity contribution in [3.63, 3.8) is 0 Å². The van der Waals surface area contributed by atoms with Crippen molar-refractivity contribution in [3.8, 4) is 12.3 Å². The zero-order valence-electron chi connectivity index (χ0n) is 9.80. The molecular formula is C12H21N3O. The average Bonchev–Trinajstić information content (AvgIpc) is 2.31. The van der Waals surface area contributed by atoms with Gasteiger partial charge in [-0.15, -0.1) is 12.3 Å². The molecule has 1 fully saturated rings. The van der Waals surface area contributed by atoms with Crippen LogP contribution in [0.1, 0.15) is 19.3 Å². The molecule has 2 N–H and O–H groups in total. The number of rotatable bonds is 6. The molecule has 4 heteroatoms. The summed E-state index contributed by atoms with van der Waals surface area (Å²) in [5.41, 5.74) is 0. The fourth-order valence-corrected chi connectivity index (χ4v) is 1.73. The van der Waals surface area contributed by atoms with Crippen LogP contribution < -0.4 is 10.6 Å². The summed E-state index contributed by atoms with van der Waals surface area (Å²) >= 11 is 0. The molecule has 0 bridgehead atoms. The molecule has 0 aromatic heterocycles. The van der Waals surface area contributed by atoms with Crippen molar-refractivity contribution >= 4 is 5.91 Å². The van der Waals surface area contributed by atoms with Crippen LogP contribution in [0.5, 0.6) is 0 Å². The van der Waals surface area contributed by atoms with Gasteiger partial charge in [0.15, 0.2) is 0 Å². The molecular weight excluding hydrogens is 202 g/mol. The summed E-state index contributed by atoms with van der Waals surface area (Å²) in [6.45, 7) is 5.95. The molecule has 0 saturated carbocycles. The van der Waals surface area contributed by atoms with Gasteiger partial charge in [-0.25, -0.2) is 0 Å². The third kappa shape index (κ3) is 5.74. The van der Waals surface area contributed by atoms with Crippen molar-refractivity contribution in [2.75, 3.05) is 39.3 Å². The summed E-state index contributed by atoms with van der Waals surface area (Å²) < 4.78 is 0. The highest BCUT2D eigenvalue weighted by Crippen LogP contribution is 1.94. The van der Waals surface area contributed by atoms with Gasteiger partial charge in [-0.05, 0) is 6.42 Å². The molecule has 1 saturated heterocycles. The number of carbonyl (C=O) groups excluding carboxylic acids is 1. The molecule has 0 spiro atoms. The Labute approximate surface area is 97.8 Å². The lowest BCUT2D eigenvalue weighted by atomic mass is 10.2. The molecule has 0 radical (unpaired) electrons. The Balaban J connectivity index is 1.97. The van der Waals surface area contributed by atoms with E-state index in [9.17, 15) is 4.79 Å². The first-order chi connectivity index (χ1) is 7.83. The zero-order valence-corrected chi connectivity index (χ0v) is 9.80. The van der Waals surface area contributed by atoms with Gasteiger partial charge in [0.2, 0.25) is 5.91 Å². The second-order valence-electron chi connectivity index (χ2n) is 4.00. The van der Waals surface area contributed by atoms with Gasteiger partial charge in [-0.1, -0.05) is 0 Å². The first-order valence-corrected chi connectivity index (χ1v) is 5.96. The number of amides is 1. The smallest absolute Gasteiger partial charge is 0.220 e. The normalized spacial score (nSPS) is 16.7. The van der Waals surface area contributed by atoms with Crippen LogP contribution in [0.2, 0.25) is 0 Å². The van der Waals surface area contributed by atoms with Gasteiger partial charge in [-0.2, -0.15) is 0 Å². The molecule has 1 rings (SSSR count). The summed E-state index contributed by atoms with van der Waals surface area (Å²) in [5.74, 6) is 2.65. The van der Waals surface area contributed by atoms with E-state index in [-0.39, 0.29) is 5.91 Å². The van der Waals surface area contributed by atoms with E-state index in [4.69, 9.17) is 6.42 Å². The highest BCUT2D eigenvalue weighted by Gasteiger charge is 2.08. The predicted octanol–water partition coefficient (Wildman–Crippen LogP) is -0.189. The van der Waals surface area contributed by atoms with E-state index in [1.807, 2.05) is 0 Å². The Morgan fingerprint density at radius 2 is 2.19 bits per heavy atom. The van der Waals surface area contributed by atoms with Crippen LogP contribution >= 0.6 is 0 Å². The van der Waals surface area contributed by atoms with Crippen LogP contribution in [-0.2, 0) is 4.79 Å². The lowest BCUT2D eigenvalue weighted by Crippen LogP contribution is -2.46. The van der Waals surface area contributed by atoms with Gasteiger partial charge in [0, 0.05) is 52.1 Å². The van der Waals surface area contributed by atoms with E-state index >= 15 is 0 Å². The Bertz CT molecular complexity index is 241. The third-order valence-electron chi connectivity index (χ3n) is 2.68. The van der Waals surface area contributed by atoms with Crippen LogP contribution in [0.3, 0.4) is 0 Å². The second kappa shape index (κ2) is 8.14. The third-order valence-corrected chi connectivity index (χ3v) is 2.68. The first-order valence-electron chi connectivity index (χ1n) is 5.96. The van der Waals surface area contributed by atoms with E-state index < -0.39 is 0 Å². The fourth-order valence-electron chi connectivity index (χ4n) is 1.73. The summed E-state index contributed by atoms with van der Waals surface area (Å²) in [5, 5.41) is 6.22.